The maximum absolute atomic E-state index is 4.66. The van der Waals surface area contributed by atoms with Crippen LogP contribution in [0.3, 0.4) is 0 Å². The molecule has 0 unspecified atom stereocenters. The van der Waals surface area contributed by atoms with Gasteiger partial charge in [-0.25, -0.2) is 0 Å². The van der Waals surface area contributed by atoms with Crippen LogP contribution in [0.1, 0.15) is 39.7 Å². The van der Waals surface area contributed by atoms with Crippen LogP contribution in [0.5, 0.6) is 0 Å². The number of aromatic nitrogens is 1. The molecule has 5 heteroatoms. The van der Waals surface area contributed by atoms with Crippen LogP contribution in [0, 0.1) is 0 Å². The Balaban J connectivity index is 0.00000264. The fourth-order valence-electron chi connectivity index (χ4n) is 2.46. The number of guanidine groups is 1. The highest BCUT2D eigenvalue weighted by Crippen LogP contribution is 2.18. The largest absolute Gasteiger partial charge is 0.361 e. The Morgan fingerprint density at radius 3 is 2.65 bits per heavy atom. The Morgan fingerprint density at radius 1 is 1.22 bits per heavy atom. The lowest BCUT2D eigenvalue weighted by Gasteiger charge is -2.23. The first-order chi connectivity index (χ1) is 10.5. The first-order valence-corrected chi connectivity index (χ1v) is 8.11. The van der Waals surface area contributed by atoms with Crippen molar-refractivity contribution in [2.24, 2.45) is 4.99 Å². The number of para-hydroxylation sites is 1. The fourth-order valence-corrected chi connectivity index (χ4v) is 2.46. The SMILES string of the molecule is CCNC(=NCCCc1c[nH]c2ccccc12)NC(C)(C)C.I. The number of nitrogens with zero attached hydrogens (tertiary/aromatic N) is 1. The minimum absolute atomic E-state index is 0. The van der Waals surface area contributed by atoms with E-state index in [2.05, 4.69) is 78.8 Å². The van der Waals surface area contributed by atoms with Crippen LogP contribution in [0.25, 0.3) is 10.9 Å². The molecule has 0 spiro atoms. The van der Waals surface area contributed by atoms with Gasteiger partial charge in [-0.3, -0.25) is 4.99 Å². The van der Waals surface area contributed by atoms with Crippen molar-refractivity contribution in [2.45, 2.75) is 46.1 Å². The number of H-pyrrole nitrogens is 1. The van der Waals surface area contributed by atoms with E-state index in [1.807, 2.05) is 0 Å². The third kappa shape index (κ3) is 6.41. The first-order valence-electron chi connectivity index (χ1n) is 8.11. The Kier molecular flexibility index (Phi) is 7.88. The standard InChI is InChI=1S/C18H28N4.HI/c1-5-19-17(22-18(2,3)4)20-12-8-9-14-13-21-16-11-7-6-10-15(14)16;/h6-7,10-11,13,21H,5,8-9,12H2,1-4H3,(H2,19,20,22);1H. The lowest BCUT2D eigenvalue weighted by atomic mass is 10.1. The number of hydrogen-bond acceptors (Lipinski definition) is 1. The molecule has 0 aliphatic heterocycles. The number of aromatic amines is 1. The lowest BCUT2D eigenvalue weighted by molar-refractivity contribution is 0.501. The predicted molar refractivity (Wildman–Crippen MR) is 111 cm³/mol. The van der Waals surface area contributed by atoms with Gasteiger partial charge in [-0.2, -0.15) is 0 Å². The average Bonchev–Trinajstić information content (AvgIpc) is 2.85. The predicted octanol–water partition coefficient (Wildman–Crippen LogP) is 4.07. The number of benzene rings is 1. The van der Waals surface area contributed by atoms with Gasteiger partial charge in [0.2, 0.25) is 0 Å². The van der Waals surface area contributed by atoms with Crippen LogP contribution < -0.4 is 10.6 Å². The van der Waals surface area contributed by atoms with E-state index in [-0.39, 0.29) is 29.5 Å². The molecule has 2 rings (SSSR count). The zero-order valence-electron chi connectivity index (χ0n) is 14.6. The summed E-state index contributed by atoms with van der Waals surface area (Å²) in [7, 11) is 0. The van der Waals surface area contributed by atoms with Crippen LogP contribution in [0.4, 0.5) is 0 Å². The molecular weight excluding hydrogens is 399 g/mol. The normalized spacial score (nSPS) is 12.1. The van der Waals surface area contributed by atoms with Crippen molar-refractivity contribution in [1.82, 2.24) is 15.6 Å². The molecule has 3 N–H and O–H groups in total. The van der Waals surface area contributed by atoms with Crippen LogP contribution in [-0.4, -0.2) is 29.6 Å². The molecular formula is C18H29IN4. The van der Waals surface area contributed by atoms with Gasteiger partial charge in [0, 0.05) is 35.7 Å². The minimum atomic E-state index is 0. The van der Waals surface area contributed by atoms with Crippen LogP contribution in [-0.2, 0) is 6.42 Å². The Bertz CT molecular complexity index is 625. The summed E-state index contributed by atoms with van der Waals surface area (Å²) in [5.41, 5.74) is 2.61. The second-order valence-electron chi connectivity index (χ2n) is 6.60. The molecule has 1 aromatic carbocycles. The second-order valence-corrected chi connectivity index (χ2v) is 6.60. The fraction of sp³-hybridized carbons (Fsp3) is 0.500. The third-order valence-electron chi connectivity index (χ3n) is 3.39. The zero-order chi connectivity index (χ0) is 16.0. The Labute approximate surface area is 156 Å². The quantitative estimate of drug-likeness (QED) is 0.291. The third-order valence-corrected chi connectivity index (χ3v) is 3.39. The molecule has 0 bridgehead atoms. The number of rotatable bonds is 5. The van der Waals surface area contributed by atoms with E-state index in [1.165, 1.54) is 16.5 Å². The number of hydrogen-bond donors (Lipinski definition) is 3. The summed E-state index contributed by atoms with van der Waals surface area (Å²) >= 11 is 0. The number of aryl methyl sites for hydroxylation is 1. The molecule has 0 fully saturated rings. The highest BCUT2D eigenvalue weighted by atomic mass is 127. The molecule has 0 amide bonds. The first kappa shape index (κ1) is 19.8. The average molecular weight is 428 g/mol. The van der Waals surface area contributed by atoms with E-state index in [4.69, 9.17) is 0 Å². The van der Waals surface area contributed by atoms with Crippen LogP contribution >= 0.6 is 24.0 Å². The van der Waals surface area contributed by atoms with Crippen molar-refractivity contribution < 1.29 is 0 Å². The van der Waals surface area contributed by atoms with Gasteiger partial charge in [0.15, 0.2) is 5.96 Å². The van der Waals surface area contributed by atoms with E-state index >= 15 is 0 Å². The summed E-state index contributed by atoms with van der Waals surface area (Å²) in [5.74, 6) is 0.897. The van der Waals surface area contributed by atoms with Crippen molar-refractivity contribution in [1.29, 1.82) is 0 Å². The maximum atomic E-state index is 4.66. The van der Waals surface area contributed by atoms with Gasteiger partial charge in [0.05, 0.1) is 0 Å². The smallest absolute Gasteiger partial charge is 0.191 e. The number of nitrogens with one attached hydrogen (secondary N) is 3. The topological polar surface area (TPSA) is 52.2 Å². The van der Waals surface area contributed by atoms with E-state index in [0.29, 0.717) is 0 Å². The van der Waals surface area contributed by atoms with Crippen LogP contribution in [0.15, 0.2) is 35.5 Å². The zero-order valence-corrected chi connectivity index (χ0v) is 16.9. The molecule has 0 aliphatic rings. The minimum Gasteiger partial charge on any atom is -0.361 e. The maximum Gasteiger partial charge on any atom is 0.191 e. The van der Waals surface area contributed by atoms with Gasteiger partial charge >= 0.3 is 0 Å². The monoisotopic (exact) mass is 428 g/mol. The van der Waals surface area contributed by atoms with Crippen molar-refractivity contribution in [2.75, 3.05) is 13.1 Å². The summed E-state index contributed by atoms with van der Waals surface area (Å²) in [6.45, 7) is 10.2. The van der Waals surface area contributed by atoms with Gasteiger partial charge in [-0.15, -0.1) is 24.0 Å². The molecule has 0 saturated heterocycles. The molecule has 23 heavy (non-hydrogen) atoms. The van der Waals surface area contributed by atoms with E-state index in [9.17, 15) is 0 Å². The van der Waals surface area contributed by atoms with Crippen molar-refractivity contribution in [3.05, 3.63) is 36.0 Å². The van der Waals surface area contributed by atoms with Crippen LogP contribution in [0.2, 0.25) is 0 Å². The van der Waals surface area contributed by atoms with Crippen molar-refractivity contribution in [3.63, 3.8) is 0 Å². The Hall–Kier alpha value is -1.24. The number of fused-ring (bicyclic) bond motifs is 1. The van der Waals surface area contributed by atoms with E-state index < -0.39 is 0 Å². The van der Waals surface area contributed by atoms with Crippen molar-refractivity contribution >= 4 is 40.8 Å². The summed E-state index contributed by atoms with van der Waals surface area (Å²) < 4.78 is 0. The van der Waals surface area contributed by atoms with E-state index in [1.54, 1.807) is 0 Å². The van der Waals surface area contributed by atoms with Gasteiger partial charge in [0.1, 0.15) is 0 Å². The lowest BCUT2D eigenvalue weighted by Crippen LogP contribution is -2.47. The van der Waals surface area contributed by atoms with Crippen molar-refractivity contribution in [3.8, 4) is 0 Å². The number of halogens is 1. The molecule has 0 atom stereocenters. The molecule has 0 radical (unpaired) electrons. The summed E-state index contributed by atoms with van der Waals surface area (Å²) in [6.07, 6.45) is 4.21. The van der Waals surface area contributed by atoms with E-state index in [0.717, 1.165) is 31.9 Å². The summed E-state index contributed by atoms with van der Waals surface area (Å²) in [4.78, 5) is 7.99. The molecule has 2 aromatic rings. The molecule has 4 nitrogen and oxygen atoms in total. The second kappa shape index (κ2) is 9.15. The highest BCUT2D eigenvalue weighted by Gasteiger charge is 2.11. The molecule has 1 aromatic heterocycles. The summed E-state index contributed by atoms with van der Waals surface area (Å²) in [5, 5.41) is 8.03. The molecule has 0 saturated carbocycles. The van der Waals surface area contributed by atoms with Gasteiger partial charge < -0.3 is 15.6 Å². The van der Waals surface area contributed by atoms with Gasteiger partial charge in [-0.05, 0) is 52.2 Å². The summed E-state index contributed by atoms with van der Waals surface area (Å²) in [6, 6.07) is 8.45. The molecule has 1 heterocycles. The Morgan fingerprint density at radius 2 is 1.96 bits per heavy atom. The number of aliphatic imine (C=N–C) groups is 1. The molecule has 0 aliphatic carbocycles. The highest BCUT2D eigenvalue weighted by molar-refractivity contribution is 14.0. The van der Waals surface area contributed by atoms with Gasteiger partial charge in [-0.1, -0.05) is 18.2 Å². The van der Waals surface area contributed by atoms with Gasteiger partial charge in [0.25, 0.3) is 0 Å². The molecule has 128 valence electrons.